The summed E-state index contributed by atoms with van der Waals surface area (Å²) in [5, 5.41) is 12.3. The molecule has 1 unspecified atom stereocenters. The lowest BCUT2D eigenvalue weighted by molar-refractivity contribution is -0.383. The number of carbonyl (C=O) groups excluding carboxylic acids is 1. The summed E-state index contributed by atoms with van der Waals surface area (Å²) in [5.41, 5.74) is 0.620. The Morgan fingerprint density at radius 2 is 1.82 bits per heavy atom. The molecule has 0 aromatic heterocycles. The number of nitrogens with zero attached hydrogens (tertiary/aromatic N) is 2. The number of phosphoric acid groups is 1. The molecule has 0 aliphatic carbocycles. The summed E-state index contributed by atoms with van der Waals surface area (Å²) in [6, 6.07) is 11.4. The number of ether oxygens (including phenoxy) is 1. The second-order valence-corrected chi connectivity index (χ2v) is 14.4. The first-order chi connectivity index (χ1) is 21.0. The molecule has 45 heavy (non-hydrogen) atoms. The fraction of sp³-hybridized carbons (Fsp3) is 0.269. The molecule has 0 radical (unpaired) electrons. The van der Waals surface area contributed by atoms with Gasteiger partial charge in [-0.15, -0.1) is 0 Å². The van der Waals surface area contributed by atoms with Gasteiger partial charge in [-0.25, -0.2) is 17.7 Å². The Labute approximate surface area is 257 Å². The van der Waals surface area contributed by atoms with Crippen LogP contribution in [0.1, 0.15) is 17.0 Å². The number of sulfonamides is 1. The van der Waals surface area contributed by atoms with Crippen molar-refractivity contribution in [3.8, 4) is 5.75 Å². The molecule has 3 N–H and O–H groups in total. The summed E-state index contributed by atoms with van der Waals surface area (Å²) in [5.74, 6) is -0.703. The largest absolute Gasteiger partial charge is 0.497 e. The molecule has 3 aromatic carbocycles. The van der Waals surface area contributed by atoms with E-state index >= 15 is 0 Å². The summed E-state index contributed by atoms with van der Waals surface area (Å²) in [6.07, 6.45) is 3.65. The minimum absolute atomic E-state index is 0.0892. The summed E-state index contributed by atoms with van der Waals surface area (Å²) in [7, 11) is -11.5. The maximum absolute atomic E-state index is 13.4. The van der Waals surface area contributed by atoms with E-state index in [9.17, 15) is 36.3 Å². The molecule has 0 saturated heterocycles. The third-order valence-corrected chi connectivity index (χ3v) is 9.19. The third-order valence-electron chi connectivity index (χ3n) is 6.65. The van der Waals surface area contributed by atoms with Gasteiger partial charge in [-0.05, 0) is 46.9 Å². The first-order valence-corrected chi connectivity index (χ1v) is 17.7. The van der Waals surface area contributed by atoms with Gasteiger partial charge in [0.05, 0.1) is 47.5 Å². The van der Waals surface area contributed by atoms with Gasteiger partial charge >= 0.3 is 7.82 Å². The third kappa shape index (κ3) is 8.50. The number of carbonyl (C=O) groups is 1. The Kier molecular flexibility index (Phi) is 10.1. The van der Waals surface area contributed by atoms with E-state index in [1.807, 2.05) is 0 Å². The lowest BCUT2D eigenvalue weighted by Crippen LogP contribution is -2.29. The van der Waals surface area contributed by atoms with Crippen LogP contribution < -0.4 is 14.4 Å². The Morgan fingerprint density at radius 3 is 2.42 bits per heavy atom. The van der Waals surface area contributed by atoms with Gasteiger partial charge in [0.1, 0.15) is 5.75 Å². The monoisotopic (exact) mass is 685 g/mol. The van der Waals surface area contributed by atoms with Crippen LogP contribution in [0.3, 0.4) is 0 Å². The molecule has 1 heterocycles. The first kappa shape index (κ1) is 34.1. The zero-order chi connectivity index (χ0) is 33.2. The highest BCUT2D eigenvalue weighted by Crippen LogP contribution is 2.46. The van der Waals surface area contributed by atoms with Crippen molar-refractivity contribution in [3.05, 3.63) is 75.8 Å². The van der Waals surface area contributed by atoms with Crippen LogP contribution >= 0.6 is 7.82 Å². The molecular weight excluding hydrogens is 657 g/mol. The van der Waals surface area contributed by atoms with Gasteiger partial charge in [0.25, 0.3) is 21.7 Å². The predicted octanol–water partition coefficient (Wildman–Crippen LogP) is 2.26. The smallest absolute Gasteiger partial charge is 0.469 e. The summed E-state index contributed by atoms with van der Waals surface area (Å²) < 4.78 is 76.7. The molecule has 242 valence electrons. The van der Waals surface area contributed by atoms with E-state index < -0.39 is 75.1 Å². The molecule has 0 saturated carbocycles. The van der Waals surface area contributed by atoms with E-state index in [1.165, 1.54) is 30.2 Å². The highest BCUT2D eigenvalue weighted by Gasteiger charge is 2.37. The SMILES string of the molecule is COc1ccc(/C=C/C(=O)N2CC(COS(C)(=O)=O)c3c2cc([N+](=O)[O-])c2cc(S(=O)(=O)NCCOP(=O)(O)O)ccc32)cc1. The number of nitrogens with one attached hydrogen (secondary N) is 1. The van der Waals surface area contributed by atoms with Crippen LogP contribution in [0.4, 0.5) is 11.4 Å². The van der Waals surface area contributed by atoms with Gasteiger partial charge in [0.15, 0.2) is 0 Å². The van der Waals surface area contributed by atoms with Crippen molar-refractivity contribution in [2.75, 3.05) is 44.6 Å². The van der Waals surface area contributed by atoms with Gasteiger partial charge in [-0.2, -0.15) is 8.42 Å². The molecule has 4 rings (SSSR count). The zero-order valence-electron chi connectivity index (χ0n) is 23.7. The molecule has 19 heteroatoms. The minimum atomic E-state index is -4.83. The maximum atomic E-state index is 13.4. The number of hydrogen-bond donors (Lipinski definition) is 3. The predicted molar refractivity (Wildman–Crippen MR) is 162 cm³/mol. The van der Waals surface area contributed by atoms with Crippen molar-refractivity contribution < 1.29 is 54.3 Å². The van der Waals surface area contributed by atoms with Crippen molar-refractivity contribution >= 4 is 62.1 Å². The van der Waals surface area contributed by atoms with Crippen LogP contribution in [0.25, 0.3) is 16.8 Å². The van der Waals surface area contributed by atoms with Gasteiger partial charge in [-0.3, -0.25) is 23.6 Å². The van der Waals surface area contributed by atoms with Crippen molar-refractivity contribution in [1.29, 1.82) is 0 Å². The summed E-state index contributed by atoms with van der Waals surface area (Å²) in [4.78, 5) is 43.2. The molecule has 1 aliphatic heterocycles. The summed E-state index contributed by atoms with van der Waals surface area (Å²) >= 11 is 0. The molecule has 3 aromatic rings. The normalized spacial score (nSPS) is 15.5. The maximum Gasteiger partial charge on any atom is 0.469 e. The number of benzene rings is 3. The topological polar surface area (TPSA) is 229 Å². The van der Waals surface area contributed by atoms with E-state index in [0.29, 0.717) is 16.9 Å². The van der Waals surface area contributed by atoms with Crippen LogP contribution in [0.15, 0.2) is 59.5 Å². The Hall–Kier alpha value is -3.74. The number of nitro benzene ring substituents is 1. The number of amides is 1. The molecule has 16 nitrogen and oxygen atoms in total. The van der Waals surface area contributed by atoms with Gasteiger partial charge in [0.2, 0.25) is 10.0 Å². The number of non-ortho nitro benzene ring substituents is 1. The van der Waals surface area contributed by atoms with Crippen LogP contribution in [0.5, 0.6) is 5.75 Å². The highest BCUT2D eigenvalue weighted by atomic mass is 32.2. The number of phosphoric ester groups is 1. The molecule has 1 aliphatic rings. The minimum Gasteiger partial charge on any atom is -0.497 e. The quantitative estimate of drug-likeness (QED) is 0.0586. The number of anilines is 1. The second-order valence-electron chi connectivity index (χ2n) is 9.76. The number of fused-ring (bicyclic) bond motifs is 3. The van der Waals surface area contributed by atoms with E-state index in [-0.39, 0.29) is 23.0 Å². The lowest BCUT2D eigenvalue weighted by atomic mass is 9.94. The molecule has 1 atom stereocenters. The molecule has 1 amide bonds. The van der Waals surface area contributed by atoms with Crippen LogP contribution in [-0.2, 0) is 38.2 Å². The molecule has 0 bridgehead atoms. The van der Waals surface area contributed by atoms with Crippen LogP contribution in [0, 0.1) is 10.1 Å². The lowest BCUT2D eigenvalue weighted by Gasteiger charge is -2.16. The number of methoxy groups -OCH3 is 1. The van der Waals surface area contributed by atoms with E-state index in [2.05, 4.69) is 9.25 Å². The van der Waals surface area contributed by atoms with Crippen molar-refractivity contribution in [1.82, 2.24) is 4.72 Å². The molecule has 0 fully saturated rings. The first-order valence-electron chi connectivity index (χ1n) is 12.9. The second kappa shape index (κ2) is 13.3. The fourth-order valence-corrected chi connectivity index (χ4v) is 6.50. The average Bonchev–Trinajstić information content (AvgIpc) is 3.34. The highest BCUT2D eigenvalue weighted by molar-refractivity contribution is 7.89. The van der Waals surface area contributed by atoms with Gasteiger partial charge < -0.3 is 19.4 Å². The number of hydrogen-bond acceptors (Lipinski definition) is 11. The summed E-state index contributed by atoms with van der Waals surface area (Å²) in [6.45, 7) is -1.65. The average molecular weight is 686 g/mol. The standard InChI is InChI=1S/C26H28N3O13PS2/c1-40-19-6-3-17(4-7-19)5-10-25(30)28-15-18(16-42-44(2,36)37)26-21-9-8-20(13-22(21)23(29(31)32)14-24(26)28)45(38,39)27-11-12-41-43(33,34)35/h3-10,13-14,18,27H,11-12,15-16H2,1-2H3,(H2,33,34,35)/b10-5+. The molecule has 0 spiro atoms. The van der Waals surface area contributed by atoms with Crippen molar-refractivity contribution in [2.45, 2.75) is 10.8 Å². The Balaban J connectivity index is 1.76. The van der Waals surface area contributed by atoms with E-state index in [0.717, 1.165) is 24.5 Å². The number of rotatable bonds is 13. The fourth-order valence-electron chi connectivity index (χ4n) is 4.72. The Bertz CT molecular complexity index is 1930. The van der Waals surface area contributed by atoms with Gasteiger partial charge in [0, 0.05) is 31.1 Å². The van der Waals surface area contributed by atoms with Crippen LogP contribution in [0.2, 0.25) is 0 Å². The Morgan fingerprint density at radius 1 is 1.13 bits per heavy atom. The molecular formula is C26H28N3O13PS2. The number of nitro groups is 1. The zero-order valence-corrected chi connectivity index (χ0v) is 26.2. The van der Waals surface area contributed by atoms with Crippen molar-refractivity contribution in [2.24, 2.45) is 0 Å². The van der Waals surface area contributed by atoms with E-state index in [1.54, 1.807) is 24.3 Å². The van der Waals surface area contributed by atoms with Crippen molar-refractivity contribution in [3.63, 3.8) is 0 Å². The van der Waals surface area contributed by atoms with Crippen LogP contribution in [-0.4, -0.2) is 77.1 Å². The van der Waals surface area contributed by atoms with E-state index in [4.69, 9.17) is 18.7 Å². The van der Waals surface area contributed by atoms with Gasteiger partial charge in [-0.1, -0.05) is 18.2 Å².